The molecule has 0 aliphatic carbocycles. The largest absolute Gasteiger partial charge is 0.510 e. The summed E-state index contributed by atoms with van der Waals surface area (Å²) < 4.78 is 1.62. The molecule has 176 valence electrons. The topological polar surface area (TPSA) is 108 Å². The van der Waals surface area contributed by atoms with Crippen LogP contribution in [0.25, 0.3) is 10.9 Å². The lowest BCUT2D eigenvalue weighted by Crippen LogP contribution is -2.25. The van der Waals surface area contributed by atoms with Gasteiger partial charge in [0.2, 0.25) is 0 Å². The average Bonchev–Trinajstić information content (AvgIpc) is 2.86. The third-order valence-corrected chi connectivity index (χ3v) is 6.31. The molecule has 2 N–H and O–H groups in total. The molecule has 0 aliphatic heterocycles. The minimum atomic E-state index is -0.645. The van der Waals surface area contributed by atoms with Gasteiger partial charge in [0.05, 0.1) is 16.7 Å². The van der Waals surface area contributed by atoms with Gasteiger partial charge in [-0.15, -0.1) is 0 Å². The van der Waals surface area contributed by atoms with Crippen LogP contribution in [0.3, 0.4) is 0 Å². The summed E-state index contributed by atoms with van der Waals surface area (Å²) >= 11 is 1.14. The third-order valence-electron chi connectivity index (χ3n) is 5.32. The van der Waals surface area contributed by atoms with Gasteiger partial charge in [0.15, 0.2) is 10.7 Å². The van der Waals surface area contributed by atoms with Crippen molar-refractivity contribution in [2.45, 2.75) is 50.9 Å². The van der Waals surface area contributed by atoms with Crippen LogP contribution < -0.4 is 10.9 Å². The fourth-order valence-corrected chi connectivity index (χ4v) is 4.37. The number of hydrogen-bond acceptors (Lipinski definition) is 6. The van der Waals surface area contributed by atoms with E-state index in [-0.39, 0.29) is 29.2 Å². The first kappa shape index (κ1) is 25.1. The highest BCUT2D eigenvalue weighted by atomic mass is 32.2. The Labute approximate surface area is 203 Å². The molecule has 0 bridgehead atoms. The molecule has 0 fully saturated rings. The normalized spacial score (nSPS) is 11.6. The minimum Gasteiger partial charge on any atom is -0.510 e. The molecule has 0 saturated carbocycles. The standard InChI is InChI=1S/C26H28N4O3S/c1-2-3-4-10-15-30-25(33)20-13-8-9-14-22(20)29-26(30)34-18-23(31)21(16-27)24(32)28-17-19-11-6-5-7-12-19/h5-9,11-14,31H,2-4,10,15,17-18H2,1H3,(H,28,32)/b23-21+. The molecular formula is C26H28N4O3S. The van der Waals surface area contributed by atoms with Gasteiger partial charge in [0.1, 0.15) is 11.8 Å². The molecule has 0 radical (unpaired) electrons. The summed E-state index contributed by atoms with van der Waals surface area (Å²) in [5.74, 6) is -1.05. The summed E-state index contributed by atoms with van der Waals surface area (Å²) in [6.45, 7) is 2.89. The van der Waals surface area contributed by atoms with E-state index in [1.165, 1.54) is 0 Å². The van der Waals surface area contributed by atoms with Crippen molar-refractivity contribution in [3.63, 3.8) is 0 Å². The summed E-state index contributed by atoms with van der Waals surface area (Å²) in [7, 11) is 0. The number of amides is 1. The van der Waals surface area contributed by atoms with Crippen LogP contribution in [0.2, 0.25) is 0 Å². The number of nitriles is 1. The van der Waals surface area contributed by atoms with Crippen LogP contribution in [-0.4, -0.2) is 26.3 Å². The van der Waals surface area contributed by atoms with Crippen LogP contribution in [-0.2, 0) is 17.9 Å². The summed E-state index contributed by atoms with van der Waals surface area (Å²) in [5, 5.41) is 23.6. The number of nitrogens with zero attached hydrogens (tertiary/aromatic N) is 3. The first-order valence-electron chi connectivity index (χ1n) is 11.3. The zero-order valence-electron chi connectivity index (χ0n) is 19.2. The predicted octanol–water partition coefficient (Wildman–Crippen LogP) is 4.72. The molecule has 0 aliphatic rings. The van der Waals surface area contributed by atoms with Crippen molar-refractivity contribution in [1.82, 2.24) is 14.9 Å². The number of aliphatic hydroxyl groups excluding tert-OH is 1. The zero-order valence-corrected chi connectivity index (χ0v) is 20.0. The van der Waals surface area contributed by atoms with Crippen LogP contribution in [0.5, 0.6) is 0 Å². The van der Waals surface area contributed by atoms with Gasteiger partial charge in [-0.25, -0.2) is 4.98 Å². The van der Waals surface area contributed by atoms with E-state index in [0.29, 0.717) is 22.6 Å². The van der Waals surface area contributed by atoms with Crippen LogP contribution in [0.4, 0.5) is 0 Å². The van der Waals surface area contributed by atoms with Crippen LogP contribution in [0.15, 0.2) is 75.9 Å². The number of carbonyl (C=O) groups is 1. The summed E-state index contributed by atoms with van der Waals surface area (Å²) in [6, 6.07) is 18.2. The highest BCUT2D eigenvalue weighted by Gasteiger charge is 2.17. The van der Waals surface area contributed by atoms with E-state index in [4.69, 9.17) is 0 Å². The van der Waals surface area contributed by atoms with Crippen LogP contribution in [0.1, 0.15) is 38.2 Å². The number of carbonyl (C=O) groups excluding carboxylic acids is 1. The highest BCUT2D eigenvalue weighted by molar-refractivity contribution is 7.99. The van der Waals surface area contributed by atoms with E-state index in [9.17, 15) is 20.0 Å². The van der Waals surface area contributed by atoms with E-state index >= 15 is 0 Å². The maximum Gasteiger partial charge on any atom is 0.265 e. The Kier molecular flexibility index (Phi) is 9.30. The second-order valence-corrected chi connectivity index (χ2v) is 8.76. The summed E-state index contributed by atoms with van der Waals surface area (Å²) in [6.07, 6.45) is 4.03. The number of aromatic nitrogens is 2. The second-order valence-electron chi connectivity index (χ2n) is 7.82. The molecule has 1 aromatic heterocycles. The Morgan fingerprint density at radius 1 is 1.12 bits per heavy atom. The van der Waals surface area contributed by atoms with Crippen molar-refractivity contribution in [3.05, 3.63) is 81.8 Å². The second kappa shape index (κ2) is 12.6. The molecule has 0 unspecified atom stereocenters. The maximum absolute atomic E-state index is 13.1. The molecule has 34 heavy (non-hydrogen) atoms. The van der Waals surface area contributed by atoms with Gasteiger partial charge in [0, 0.05) is 13.1 Å². The van der Waals surface area contributed by atoms with Gasteiger partial charge < -0.3 is 10.4 Å². The third kappa shape index (κ3) is 6.49. The van der Waals surface area contributed by atoms with Crippen molar-refractivity contribution >= 4 is 28.6 Å². The van der Waals surface area contributed by atoms with Gasteiger partial charge in [-0.2, -0.15) is 5.26 Å². The van der Waals surface area contributed by atoms with E-state index < -0.39 is 5.91 Å². The molecule has 3 aromatic rings. The lowest BCUT2D eigenvalue weighted by molar-refractivity contribution is -0.117. The monoisotopic (exact) mass is 476 g/mol. The van der Waals surface area contributed by atoms with Crippen molar-refractivity contribution in [1.29, 1.82) is 5.26 Å². The predicted molar refractivity (Wildman–Crippen MR) is 134 cm³/mol. The molecule has 8 heteroatoms. The lowest BCUT2D eigenvalue weighted by atomic mass is 10.2. The maximum atomic E-state index is 13.1. The quantitative estimate of drug-likeness (QED) is 0.104. The first-order chi connectivity index (χ1) is 16.5. The average molecular weight is 477 g/mol. The number of benzene rings is 2. The number of hydrogen-bond donors (Lipinski definition) is 2. The fraction of sp³-hybridized carbons (Fsp3) is 0.308. The molecule has 1 heterocycles. The van der Waals surface area contributed by atoms with E-state index in [1.807, 2.05) is 42.5 Å². The Balaban J connectivity index is 1.78. The fourth-order valence-electron chi connectivity index (χ4n) is 3.47. The SMILES string of the molecule is CCCCCCn1c(SC/C(O)=C(/C#N)C(=O)NCc2ccccc2)nc2ccccc2c1=O. The highest BCUT2D eigenvalue weighted by Crippen LogP contribution is 2.21. The van der Waals surface area contributed by atoms with E-state index in [2.05, 4.69) is 17.2 Å². The van der Waals surface area contributed by atoms with Gasteiger partial charge >= 0.3 is 0 Å². The Morgan fingerprint density at radius 2 is 1.85 bits per heavy atom. The molecule has 2 aromatic carbocycles. The summed E-state index contributed by atoms with van der Waals surface area (Å²) in [4.78, 5) is 30.2. The smallest absolute Gasteiger partial charge is 0.265 e. The van der Waals surface area contributed by atoms with E-state index in [0.717, 1.165) is 43.0 Å². The van der Waals surface area contributed by atoms with Crippen molar-refractivity contribution in [2.24, 2.45) is 0 Å². The number of rotatable bonds is 11. The lowest BCUT2D eigenvalue weighted by Gasteiger charge is -2.13. The Bertz CT molecular complexity index is 1260. The number of thioether (sulfide) groups is 1. The first-order valence-corrected chi connectivity index (χ1v) is 12.3. The van der Waals surface area contributed by atoms with Gasteiger partial charge in [-0.3, -0.25) is 14.2 Å². The zero-order chi connectivity index (χ0) is 24.3. The van der Waals surface area contributed by atoms with Crippen molar-refractivity contribution < 1.29 is 9.90 Å². The van der Waals surface area contributed by atoms with Crippen molar-refractivity contribution in [3.8, 4) is 6.07 Å². The Hall–Kier alpha value is -3.57. The van der Waals surface area contributed by atoms with Gasteiger partial charge in [-0.1, -0.05) is 80.4 Å². The van der Waals surface area contributed by atoms with Gasteiger partial charge in [0.25, 0.3) is 11.5 Å². The number of unbranched alkanes of at least 4 members (excludes halogenated alkanes) is 3. The number of fused-ring (bicyclic) bond motifs is 1. The molecule has 7 nitrogen and oxygen atoms in total. The molecule has 3 rings (SSSR count). The van der Waals surface area contributed by atoms with Crippen LogP contribution >= 0.6 is 11.8 Å². The minimum absolute atomic E-state index is 0.0542. The molecule has 0 saturated heterocycles. The molecule has 0 atom stereocenters. The van der Waals surface area contributed by atoms with Gasteiger partial charge in [-0.05, 0) is 24.1 Å². The van der Waals surface area contributed by atoms with E-state index in [1.54, 1.807) is 22.8 Å². The molecular weight excluding hydrogens is 448 g/mol. The van der Waals surface area contributed by atoms with Crippen LogP contribution in [0, 0.1) is 11.3 Å². The number of para-hydroxylation sites is 1. The molecule has 1 amide bonds. The number of aliphatic hydroxyl groups is 1. The molecule has 0 spiro atoms. The Morgan fingerprint density at radius 3 is 2.59 bits per heavy atom. The number of nitrogens with one attached hydrogen (secondary N) is 1. The summed E-state index contributed by atoms with van der Waals surface area (Å²) in [5.41, 5.74) is 0.981. The van der Waals surface area contributed by atoms with Crippen molar-refractivity contribution in [2.75, 3.05) is 5.75 Å².